The molecule has 0 aromatic carbocycles. The Hall–Kier alpha value is -1.66. The number of carboxylic acids is 1. The third-order valence-electron chi connectivity index (χ3n) is 2.25. The second-order valence-electron chi connectivity index (χ2n) is 3.52. The van der Waals surface area contributed by atoms with Gasteiger partial charge < -0.3 is 10.4 Å². The van der Waals surface area contributed by atoms with E-state index in [1.807, 2.05) is 23.0 Å². The SMILES string of the molecule is O=C(O)c1ccc(CNCCn2cccn2)s1. The van der Waals surface area contributed by atoms with Gasteiger partial charge in [0.05, 0.1) is 6.54 Å². The van der Waals surface area contributed by atoms with Crippen molar-refractivity contribution in [2.24, 2.45) is 0 Å². The summed E-state index contributed by atoms with van der Waals surface area (Å²) in [6, 6.07) is 5.37. The fraction of sp³-hybridized carbons (Fsp3) is 0.273. The number of rotatable bonds is 6. The second-order valence-corrected chi connectivity index (χ2v) is 4.69. The molecule has 0 saturated carbocycles. The summed E-state index contributed by atoms with van der Waals surface area (Å²) in [6.45, 7) is 2.31. The Morgan fingerprint density at radius 3 is 3.06 bits per heavy atom. The van der Waals surface area contributed by atoms with Gasteiger partial charge in [0.1, 0.15) is 4.88 Å². The highest BCUT2D eigenvalue weighted by atomic mass is 32.1. The maximum atomic E-state index is 10.7. The van der Waals surface area contributed by atoms with Gasteiger partial charge in [-0.25, -0.2) is 4.79 Å². The summed E-state index contributed by atoms with van der Waals surface area (Å²) < 4.78 is 1.85. The van der Waals surface area contributed by atoms with Crippen LogP contribution in [0.2, 0.25) is 0 Å². The van der Waals surface area contributed by atoms with Crippen LogP contribution in [-0.4, -0.2) is 27.4 Å². The fourth-order valence-electron chi connectivity index (χ4n) is 1.43. The zero-order valence-corrected chi connectivity index (χ0v) is 9.98. The van der Waals surface area contributed by atoms with Crippen LogP contribution in [0.1, 0.15) is 14.5 Å². The summed E-state index contributed by atoms with van der Waals surface area (Å²) in [4.78, 5) is 12.1. The van der Waals surface area contributed by atoms with Gasteiger partial charge in [-0.05, 0) is 18.2 Å². The number of thiophene rings is 1. The molecule has 6 heteroatoms. The fourth-order valence-corrected chi connectivity index (χ4v) is 2.24. The molecule has 0 aliphatic rings. The molecule has 2 heterocycles. The van der Waals surface area contributed by atoms with E-state index in [9.17, 15) is 4.79 Å². The smallest absolute Gasteiger partial charge is 0.345 e. The number of hydrogen-bond donors (Lipinski definition) is 2. The van der Waals surface area contributed by atoms with E-state index in [2.05, 4.69) is 10.4 Å². The summed E-state index contributed by atoms with van der Waals surface area (Å²) in [5, 5.41) is 16.1. The van der Waals surface area contributed by atoms with Crippen molar-refractivity contribution in [3.05, 3.63) is 40.3 Å². The first kappa shape index (κ1) is 11.8. The number of hydrogen-bond acceptors (Lipinski definition) is 4. The summed E-state index contributed by atoms with van der Waals surface area (Å²) in [6.07, 6.45) is 3.66. The molecule has 0 fully saturated rings. The standard InChI is InChI=1S/C11H13N3O2S/c15-11(16)10-3-2-9(17-10)8-12-5-7-14-6-1-4-13-14/h1-4,6,12H,5,7-8H2,(H,15,16). The average Bonchev–Trinajstić information content (AvgIpc) is 2.96. The van der Waals surface area contributed by atoms with Gasteiger partial charge in [0.25, 0.3) is 0 Å². The van der Waals surface area contributed by atoms with E-state index >= 15 is 0 Å². The Balaban J connectivity index is 1.72. The number of aromatic nitrogens is 2. The summed E-state index contributed by atoms with van der Waals surface area (Å²) in [5.74, 6) is -0.863. The van der Waals surface area contributed by atoms with Crippen LogP contribution in [0.25, 0.3) is 0 Å². The van der Waals surface area contributed by atoms with Crippen molar-refractivity contribution < 1.29 is 9.90 Å². The molecule has 0 bridgehead atoms. The summed E-state index contributed by atoms with van der Waals surface area (Å²) >= 11 is 1.30. The minimum Gasteiger partial charge on any atom is -0.477 e. The largest absolute Gasteiger partial charge is 0.477 e. The van der Waals surface area contributed by atoms with Gasteiger partial charge in [0.2, 0.25) is 0 Å². The maximum absolute atomic E-state index is 10.7. The zero-order chi connectivity index (χ0) is 12.1. The zero-order valence-electron chi connectivity index (χ0n) is 9.17. The van der Waals surface area contributed by atoms with Crippen LogP contribution in [-0.2, 0) is 13.1 Å². The van der Waals surface area contributed by atoms with E-state index in [0.717, 1.165) is 18.0 Å². The van der Waals surface area contributed by atoms with Gasteiger partial charge in [-0.3, -0.25) is 4.68 Å². The van der Waals surface area contributed by atoms with Crippen molar-refractivity contribution in [3.63, 3.8) is 0 Å². The minimum absolute atomic E-state index is 0.383. The molecule has 0 spiro atoms. The van der Waals surface area contributed by atoms with Gasteiger partial charge in [-0.15, -0.1) is 11.3 Å². The molecule has 0 unspecified atom stereocenters. The lowest BCUT2D eigenvalue weighted by Gasteiger charge is -2.03. The second kappa shape index (κ2) is 5.60. The van der Waals surface area contributed by atoms with E-state index in [1.165, 1.54) is 11.3 Å². The van der Waals surface area contributed by atoms with Crippen LogP contribution in [0, 0.1) is 0 Å². The number of carboxylic acid groups (broad SMARTS) is 1. The van der Waals surface area contributed by atoms with Gasteiger partial charge >= 0.3 is 5.97 Å². The van der Waals surface area contributed by atoms with Crippen LogP contribution < -0.4 is 5.32 Å². The maximum Gasteiger partial charge on any atom is 0.345 e. The van der Waals surface area contributed by atoms with Crippen LogP contribution in [0.3, 0.4) is 0 Å². The van der Waals surface area contributed by atoms with Crippen molar-refractivity contribution in [2.45, 2.75) is 13.1 Å². The molecule has 5 nitrogen and oxygen atoms in total. The molecule has 0 aliphatic heterocycles. The molecule has 0 radical (unpaired) electrons. The Morgan fingerprint density at radius 2 is 2.41 bits per heavy atom. The van der Waals surface area contributed by atoms with Gasteiger partial charge in [0, 0.05) is 30.4 Å². The van der Waals surface area contributed by atoms with Gasteiger partial charge in [0.15, 0.2) is 0 Å². The average molecular weight is 251 g/mol. The Morgan fingerprint density at radius 1 is 1.53 bits per heavy atom. The molecule has 2 rings (SSSR count). The number of nitrogens with one attached hydrogen (secondary N) is 1. The molecule has 0 amide bonds. The van der Waals surface area contributed by atoms with Crippen molar-refractivity contribution in [1.29, 1.82) is 0 Å². The topological polar surface area (TPSA) is 67.2 Å². The Kier molecular flexibility index (Phi) is 3.89. The lowest BCUT2D eigenvalue weighted by atomic mass is 10.4. The van der Waals surface area contributed by atoms with Crippen LogP contribution in [0.15, 0.2) is 30.6 Å². The molecular weight excluding hydrogens is 238 g/mol. The van der Waals surface area contributed by atoms with Crippen molar-refractivity contribution in [3.8, 4) is 0 Å². The molecule has 2 N–H and O–H groups in total. The predicted octanol–water partition coefficient (Wildman–Crippen LogP) is 1.43. The molecule has 2 aromatic heterocycles. The Bertz CT molecular complexity index is 479. The molecule has 17 heavy (non-hydrogen) atoms. The van der Waals surface area contributed by atoms with Gasteiger partial charge in [-0.1, -0.05) is 0 Å². The quantitative estimate of drug-likeness (QED) is 0.762. The minimum atomic E-state index is -0.863. The van der Waals surface area contributed by atoms with Crippen LogP contribution in [0.5, 0.6) is 0 Å². The van der Waals surface area contributed by atoms with Crippen molar-refractivity contribution >= 4 is 17.3 Å². The molecule has 0 aliphatic carbocycles. The highest BCUT2D eigenvalue weighted by molar-refractivity contribution is 7.13. The predicted molar refractivity (Wildman–Crippen MR) is 65.2 cm³/mol. The number of nitrogens with zero attached hydrogens (tertiary/aromatic N) is 2. The van der Waals surface area contributed by atoms with Crippen LogP contribution >= 0.6 is 11.3 Å². The first-order valence-electron chi connectivity index (χ1n) is 5.26. The third kappa shape index (κ3) is 3.40. The Labute approximate surface area is 103 Å². The summed E-state index contributed by atoms with van der Waals surface area (Å²) in [7, 11) is 0. The van der Waals surface area contributed by atoms with E-state index < -0.39 is 5.97 Å². The highest BCUT2D eigenvalue weighted by Crippen LogP contribution is 2.15. The highest BCUT2D eigenvalue weighted by Gasteiger charge is 2.05. The monoisotopic (exact) mass is 251 g/mol. The van der Waals surface area contributed by atoms with E-state index in [0.29, 0.717) is 11.4 Å². The first-order chi connectivity index (χ1) is 8.25. The lowest BCUT2D eigenvalue weighted by molar-refractivity contribution is 0.0702. The van der Waals surface area contributed by atoms with E-state index in [1.54, 1.807) is 12.3 Å². The molecule has 0 atom stereocenters. The molecule has 2 aromatic rings. The third-order valence-corrected chi connectivity index (χ3v) is 3.32. The number of aromatic carboxylic acids is 1. The van der Waals surface area contributed by atoms with Crippen molar-refractivity contribution in [2.75, 3.05) is 6.54 Å². The lowest BCUT2D eigenvalue weighted by Crippen LogP contribution is -2.19. The van der Waals surface area contributed by atoms with Crippen molar-refractivity contribution in [1.82, 2.24) is 15.1 Å². The number of carbonyl (C=O) groups is 1. The van der Waals surface area contributed by atoms with Crippen LogP contribution in [0.4, 0.5) is 0 Å². The first-order valence-corrected chi connectivity index (χ1v) is 6.07. The molecular formula is C11H13N3O2S. The normalized spacial score (nSPS) is 10.6. The summed E-state index contributed by atoms with van der Waals surface area (Å²) in [5.41, 5.74) is 0. The van der Waals surface area contributed by atoms with E-state index in [-0.39, 0.29) is 0 Å². The molecule has 90 valence electrons. The van der Waals surface area contributed by atoms with Gasteiger partial charge in [-0.2, -0.15) is 5.10 Å². The molecule has 0 saturated heterocycles. The van der Waals surface area contributed by atoms with E-state index in [4.69, 9.17) is 5.11 Å².